The van der Waals surface area contributed by atoms with E-state index in [1.807, 2.05) is 12.1 Å². The van der Waals surface area contributed by atoms with E-state index in [4.69, 9.17) is 10.5 Å². The molecule has 1 fully saturated rings. The van der Waals surface area contributed by atoms with Gasteiger partial charge >= 0.3 is 0 Å². The number of likely N-dealkylation sites (tertiary alicyclic amines) is 1. The van der Waals surface area contributed by atoms with Crippen LogP contribution in [0.5, 0.6) is 5.75 Å². The number of benzene rings is 1. The van der Waals surface area contributed by atoms with Crippen LogP contribution < -0.4 is 10.5 Å². The standard InChI is InChI=1S/C18H30N2O/c1-17(2)11-12-20(14-17)18(3,13-19)10-9-15-5-7-16(21-4)8-6-15/h5-8H,9-14,19H2,1-4H3. The lowest BCUT2D eigenvalue weighted by atomic mass is 9.90. The van der Waals surface area contributed by atoms with Crippen LogP contribution >= 0.6 is 0 Å². The second-order valence-electron chi connectivity index (χ2n) is 7.38. The number of hydrogen-bond donors (Lipinski definition) is 1. The number of ether oxygens (including phenoxy) is 1. The fraction of sp³-hybridized carbons (Fsp3) is 0.667. The van der Waals surface area contributed by atoms with Crippen molar-refractivity contribution in [2.75, 3.05) is 26.7 Å². The lowest BCUT2D eigenvalue weighted by Gasteiger charge is -2.39. The highest BCUT2D eigenvalue weighted by atomic mass is 16.5. The maximum Gasteiger partial charge on any atom is 0.118 e. The Balaban J connectivity index is 1.97. The first kappa shape index (κ1) is 16.3. The Morgan fingerprint density at radius 1 is 1.29 bits per heavy atom. The van der Waals surface area contributed by atoms with Gasteiger partial charge in [0, 0.05) is 18.6 Å². The van der Waals surface area contributed by atoms with E-state index in [0.29, 0.717) is 5.41 Å². The second-order valence-corrected chi connectivity index (χ2v) is 7.38. The molecule has 0 spiro atoms. The van der Waals surface area contributed by atoms with Crippen molar-refractivity contribution in [3.8, 4) is 5.75 Å². The zero-order valence-corrected chi connectivity index (χ0v) is 14.0. The fourth-order valence-corrected chi connectivity index (χ4v) is 3.17. The van der Waals surface area contributed by atoms with Crippen LogP contribution in [0.2, 0.25) is 0 Å². The lowest BCUT2D eigenvalue weighted by Crippen LogP contribution is -2.51. The summed E-state index contributed by atoms with van der Waals surface area (Å²) >= 11 is 0. The molecule has 1 saturated heterocycles. The van der Waals surface area contributed by atoms with Gasteiger partial charge in [0.2, 0.25) is 0 Å². The van der Waals surface area contributed by atoms with Gasteiger partial charge in [0.25, 0.3) is 0 Å². The van der Waals surface area contributed by atoms with Gasteiger partial charge in [-0.3, -0.25) is 4.90 Å². The number of nitrogens with zero attached hydrogens (tertiary/aromatic N) is 1. The van der Waals surface area contributed by atoms with Crippen molar-refractivity contribution in [1.82, 2.24) is 4.90 Å². The monoisotopic (exact) mass is 290 g/mol. The lowest BCUT2D eigenvalue weighted by molar-refractivity contribution is 0.119. The summed E-state index contributed by atoms with van der Waals surface area (Å²) in [5.41, 5.74) is 8.01. The molecule has 1 heterocycles. The van der Waals surface area contributed by atoms with Crippen LogP contribution in [-0.4, -0.2) is 37.2 Å². The number of rotatable bonds is 6. The van der Waals surface area contributed by atoms with Gasteiger partial charge in [-0.25, -0.2) is 0 Å². The fourth-order valence-electron chi connectivity index (χ4n) is 3.17. The Kier molecular flexibility index (Phi) is 4.95. The molecule has 3 nitrogen and oxygen atoms in total. The zero-order chi connectivity index (χ0) is 15.5. The Labute approximate surface area is 129 Å². The Morgan fingerprint density at radius 2 is 1.95 bits per heavy atom. The van der Waals surface area contributed by atoms with E-state index < -0.39 is 0 Å². The highest BCUT2D eigenvalue weighted by Crippen LogP contribution is 2.35. The topological polar surface area (TPSA) is 38.5 Å². The summed E-state index contributed by atoms with van der Waals surface area (Å²) in [5.74, 6) is 0.918. The molecule has 21 heavy (non-hydrogen) atoms. The van der Waals surface area contributed by atoms with Crippen molar-refractivity contribution in [3.05, 3.63) is 29.8 Å². The number of hydrogen-bond acceptors (Lipinski definition) is 3. The molecular weight excluding hydrogens is 260 g/mol. The maximum atomic E-state index is 6.12. The Morgan fingerprint density at radius 3 is 2.43 bits per heavy atom. The van der Waals surface area contributed by atoms with Crippen LogP contribution in [0.25, 0.3) is 0 Å². The predicted molar refractivity (Wildman–Crippen MR) is 88.7 cm³/mol. The summed E-state index contributed by atoms with van der Waals surface area (Å²) < 4.78 is 5.21. The molecule has 1 aliphatic rings. The maximum absolute atomic E-state index is 6.12. The van der Waals surface area contributed by atoms with E-state index in [0.717, 1.165) is 31.7 Å². The minimum Gasteiger partial charge on any atom is -0.497 e. The van der Waals surface area contributed by atoms with Crippen molar-refractivity contribution in [3.63, 3.8) is 0 Å². The van der Waals surface area contributed by atoms with Gasteiger partial charge < -0.3 is 10.5 Å². The van der Waals surface area contributed by atoms with Gasteiger partial charge in [0.1, 0.15) is 5.75 Å². The van der Waals surface area contributed by atoms with Crippen LogP contribution in [0.4, 0.5) is 0 Å². The van der Waals surface area contributed by atoms with Crippen LogP contribution in [0.3, 0.4) is 0 Å². The summed E-state index contributed by atoms with van der Waals surface area (Å²) in [6.07, 6.45) is 3.44. The largest absolute Gasteiger partial charge is 0.497 e. The quantitative estimate of drug-likeness (QED) is 0.875. The molecule has 118 valence electrons. The van der Waals surface area contributed by atoms with Gasteiger partial charge in [-0.2, -0.15) is 0 Å². The van der Waals surface area contributed by atoms with E-state index in [1.54, 1.807) is 7.11 Å². The molecule has 0 amide bonds. The molecule has 1 aromatic rings. The highest BCUT2D eigenvalue weighted by Gasteiger charge is 2.38. The third-order valence-electron chi connectivity index (χ3n) is 4.99. The molecule has 1 aromatic carbocycles. The molecule has 1 unspecified atom stereocenters. The smallest absolute Gasteiger partial charge is 0.118 e. The normalized spacial score (nSPS) is 21.2. The molecule has 0 bridgehead atoms. The molecule has 3 heteroatoms. The zero-order valence-electron chi connectivity index (χ0n) is 14.0. The van der Waals surface area contributed by atoms with Crippen LogP contribution in [0.15, 0.2) is 24.3 Å². The van der Waals surface area contributed by atoms with E-state index in [1.165, 1.54) is 18.5 Å². The second kappa shape index (κ2) is 6.37. The Bertz CT molecular complexity index is 455. The minimum absolute atomic E-state index is 0.105. The first-order chi connectivity index (χ1) is 9.88. The number of aryl methyl sites for hydroxylation is 1. The van der Waals surface area contributed by atoms with Crippen molar-refractivity contribution in [2.24, 2.45) is 11.1 Å². The van der Waals surface area contributed by atoms with E-state index in [-0.39, 0.29) is 5.54 Å². The number of methoxy groups -OCH3 is 1. The molecule has 0 aromatic heterocycles. The summed E-state index contributed by atoms with van der Waals surface area (Å²) in [5, 5.41) is 0. The molecule has 2 rings (SSSR count). The summed E-state index contributed by atoms with van der Waals surface area (Å²) in [6.45, 7) is 10.1. The Hall–Kier alpha value is -1.06. The molecule has 2 N–H and O–H groups in total. The van der Waals surface area contributed by atoms with Crippen molar-refractivity contribution in [2.45, 2.75) is 45.6 Å². The average molecular weight is 290 g/mol. The van der Waals surface area contributed by atoms with Gasteiger partial charge in [0.05, 0.1) is 7.11 Å². The molecule has 0 radical (unpaired) electrons. The SMILES string of the molecule is COc1ccc(CCC(C)(CN)N2CCC(C)(C)C2)cc1. The third-order valence-corrected chi connectivity index (χ3v) is 4.99. The molecule has 1 aliphatic heterocycles. The van der Waals surface area contributed by atoms with Gasteiger partial charge in [-0.05, 0) is 55.8 Å². The van der Waals surface area contributed by atoms with E-state index in [2.05, 4.69) is 37.8 Å². The predicted octanol–water partition coefficient (Wildman–Crippen LogP) is 3.08. The van der Waals surface area contributed by atoms with E-state index >= 15 is 0 Å². The molecule has 0 saturated carbocycles. The molecular formula is C18H30N2O. The van der Waals surface area contributed by atoms with E-state index in [9.17, 15) is 0 Å². The van der Waals surface area contributed by atoms with Crippen molar-refractivity contribution in [1.29, 1.82) is 0 Å². The van der Waals surface area contributed by atoms with Gasteiger partial charge in [-0.1, -0.05) is 26.0 Å². The van der Waals surface area contributed by atoms with Crippen molar-refractivity contribution < 1.29 is 4.74 Å². The van der Waals surface area contributed by atoms with Crippen LogP contribution in [-0.2, 0) is 6.42 Å². The minimum atomic E-state index is 0.105. The average Bonchev–Trinajstić information content (AvgIpc) is 2.86. The highest BCUT2D eigenvalue weighted by molar-refractivity contribution is 5.27. The summed E-state index contributed by atoms with van der Waals surface area (Å²) in [7, 11) is 1.70. The first-order valence-corrected chi connectivity index (χ1v) is 7.97. The number of nitrogens with two attached hydrogens (primary N) is 1. The van der Waals surface area contributed by atoms with Crippen molar-refractivity contribution >= 4 is 0 Å². The first-order valence-electron chi connectivity index (χ1n) is 7.97. The van der Waals surface area contributed by atoms with Crippen LogP contribution in [0, 0.1) is 5.41 Å². The third kappa shape index (κ3) is 3.98. The van der Waals surface area contributed by atoms with Crippen LogP contribution in [0.1, 0.15) is 39.2 Å². The summed E-state index contributed by atoms with van der Waals surface area (Å²) in [4.78, 5) is 2.59. The molecule has 0 aliphatic carbocycles. The van der Waals surface area contributed by atoms with Gasteiger partial charge in [0.15, 0.2) is 0 Å². The van der Waals surface area contributed by atoms with Gasteiger partial charge in [-0.15, -0.1) is 0 Å². The summed E-state index contributed by atoms with van der Waals surface area (Å²) in [6, 6.07) is 8.38. The molecule has 1 atom stereocenters.